The largest absolute Gasteiger partial charge is 0.465 e. The first-order chi connectivity index (χ1) is 13.7. The Bertz CT molecular complexity index is 867. The summed E-state index contributed by atoms with van der Waals surface area (Å²) in [5, 5.41) is 19.7. The van der Waals surface area contributed by atoms with Crippen LogP contribution in [0.5, 0.6) is 0 Å². The van der Waals surface area contributed by atoms with Gasteiger partial charge < -0.3 is 19.6 Å². The average molecular weight is 398 g/mol. The van der Waals surface area contributed by atoms with E-state index in [0.29, 0.717) is 32.2 Å². The SMILES string of the molecule is CC(C)C1CN(c2cc(C3CC3)c3c(c2C#N)CC(C)(C)OC3)CCN1C(=O)O. The van der Waals surface area contributed by atoms with E-state index in [4.69, 9.17) is 4.74 Å². The third-order valence-electron chi connectivity index (χ3n) is 6.68. The fraction of sp³-hybridized carbons (Fsp3) is 0.652. The highest BCUT2D eigenvalue weighted by molar-refractivity contribution is 5.70. The summed E-state index contributed by atoms with van der Waals surface area (Å²) < 4.78 is 6.09. The maximum absolute atomic E-state index is 11.7. The van der Waals surface area contributed by atoms with E-state index >= 15 is 0 Å². The van der Waals surface area contributed by atoms with Crippen LogP contribution in [0.25, 0.3) is 0 Å². The lowest BCUT2D eigenvalue weighted by Crippen LogP contribution is -2.57. The minimum Gasteiger partial charge on any atom is -0.465 e. The number of carbonyl (C=O) groups is 1. The van der Waals surface area contributed by atoms with E-state index < -0.39 is 6.09 Å². The average Bonchev–Trinajstić information content (AvgIpc) is 3.50. The second kappa shape index (κ2) is 7.21. The van der Waals surface area contributed by atoms with Crippen LogP contribution in [0.4, 0.5) is 10.5 Å². The summed E-state index contributed by atoms with van der Waals surface area (Å²) in [5.41, 5.74) is 5.17. The van der Waals surface area contributed by atoms with Crippen molar-refractivity contribution in [3.8, 4) is 6.07 Å². The van der Waals surface area contributed by atoms with Crippen molar-refractivity contribution < 1.29 is 14.6 Å². The third-order valence-corrected chi connectivity index (χ3v) is 6.68. The standard InChI is InChI=1S/C23H31N3O3/c1-14(2)21-12-25(7-8-26(21)22(27)28)20-9-16(15-5-6-15)19-13-29-23(3,4)10-17(19)18(20)11-24/h9,14-15,21H,5-8,10,12-13H2,1-4H3,(H,27,28). The monoisotopic (exact) mass is 397 g/mol. The molecule has 2 fully saturated rings. The van der Waals surface area contributed by atoms with Crippen LogP contribution in [0, 0.1) is 17.2 Å². The predicted molar refractivity (Wildman–Crippen MR) is 111 cm³/mol. The van der Waals surface area contributed by atoms with Gasteiger partial charge in [0.25, 0.3) is 0 Å². The number of nitriles is 1. The Morgan fingerprint density at radius 1 is 1.31 bits per heavy atom. The highest BCUT2D eigenvalue weighted by Crippen LogP contribution is 2.47. The van der Waals surface area contributed by atoms with Crippen molar-refractivity contribution in [2.24, 2.45) is 5.92 Å². The Kier molecular flexibility index (Phi) is 4.98. The van der Waals surface area contributed by atoms with Gasteiger partial charge in [-0.1, -0.05) is 13.8 Å². The molecule has 0 bridgehead atoms. The number of anilines is 1. The van der Waals surface area contributed by atoms with Crippen molar-refractivity contribution in [3.63, 3.8) is 0 Å². The zero-order valence-corrected chi connectivity index (χ0v) is 17.9. The van der Waals surface area contributed by atoms with Crippen molar-refractivity contribution in [2.75, 3.05) is 24.5 Å². The van der Waals surface area contributed by atoms with Gasteiger partial charge in [-0.2, -0.15) is 5.26 Å². The number of fused-ring (bicyclic) bond motifs is 1. The van der Waals surface area contributed by atoms with E-state index in [9.17, 15) is 15.2 Å². The maximum atomic E-state index is 11.7. The summed E-state index contributed by atoms with van der Waals surface area (Å²) in [6.07, 6.45) is 2.28. The number of nitrogens with zero attached hydrogens (tertiary/aromatic N) is 3. The van der Waals surface area contributed by atoms with E-state index in [-0.39, 0.29) is 17.6 Å². The van der Waals surface area contributed by atoms with Crippen LogP contribution in [0.2, 0.25) is 0 Å². The number of benzene rings is 1. The number of hydrogen-bond donors (Lipinski definition) is 1. The van der Waals surface area contributed by atoms with Gasteiger partial charge in [-0.05, 0) is 61.3 Å². The molecule has 1 N–H and O–H groups in total. The Morgan fingerprint density at radius 2 is 2.03 bits per heavy atom. The molecule has 2 aliphatic heterocycles. The highest BCUT2D eigenvalue weighted by Gasteiger charge is 2.38. The molecular weight excluding hydrogens is 366 g/mol. The van der Waals surface area contributed by atoms with Gasteiger partial charge in [0.15, 0.2) is 0 Å². The second-order valence-corrected chi connectivity index (χ2v) is 9.66. The smallest absolute Gasteiger partial charge is 0.407 e. The van der Waals surface area contributed by atoms with Crippen LogP contribution in [0.1, 0.15) is 68.7 Å². The van der Waals surface area contributed by atoms with Gasteiger partial charge in [0.05, 0.1) is 29.5 Å². The summed E-state index contributed by atoms with van der Waals surface area (Å²) in [6.45, 7) is 10.6. The number of ether oxygens (including phenoxy) is 1. The lowest BCUT2D eigenvalue weighted by molar-refractivity contribution is -0.0405. The zero-order chi connectivity index (χ0) is 20.9. The first-order valence-corrected chi connectivity index (χ1v) is 10.7. The third kappa shape index (κ3) is 3.69. The van der Waals surface area contributed by atoms with E-state index in [1.54, 1.807) is 4.90 Å². The molecule has 1 saturated carbocycles. The highest BCUT2D eigenvalue weighted by atomic mass is 16.5. The second-order valence-electron chi connectivity index (χ2n) is 9.66. The first kappa shape index (κ1) is 20.0. The van der Waals surface area contributed by atoms with Crippen molar-refractivity contribution in [3.05, 3.63) is 28.3 Å². The van der Waals surface area contributed by atoms with Gasteiger partial charge in [-0.25, -0.2) is 4.79 Å². The van der Waals surface area contributed by atoms with Crippen LogP contribution >= 0.6 is 0 Å². The molecule has 1 atom stereocenters. The van der Waals surface area contributed by atoms with Crippen LogP contribution in [0.3, 0.4) is 0 Å². The van der Waals surface area contributed by atoms with Gasteiger partial charge in [0, 0.05) is 26.1 Å². The van der Waals surface area contributed by atoms with Gasteiger partial charge in [0.1, 0.15) is 6.07 Å². The Morgan fingerprint density at radius 3 is 2.62 bits per heavy atom. The van der Waals surface area contributed by atoms with Crippen molar-refractivity contribution in [1.29, 1.82) is 5.26 Å². The fourth-order valence-electron chi connectivity index (χ4n) is 4.87. The molecular formula is C23H31N3O3. The molecule has 0 radical (unpaired) electrons. The minimum absolute atomic E-state index is 0.0759. The van der Waals surface area contributed by atoms with Crippen molar-refractivity contribution >= 4 is 11.8 Å². The number of carboxylic acid groups (broad SMARTS) is 1. The molecule has 3 aliphatic rings. The summed E-state index contributed by atoms with van der Waals surface area (Å²) in [4.78, 5) is 15.5. The molecule has 1 unspecified atom stereocenters. The number of hydrogen-bond acceptors (Lipinski definition) is 4. The minimum atomic E-state index is -0.855. The molecule has 156 valence electrons. The summed E-state index contributed by atoms with van der Waals surface area (Å²) in [7, 11) is 0. The topological polar surface area (TPSA) is 76.8 Å². The predicted octanol–water partition coefficient (Wildman–Crippen LogP) is 4.11. The first-order valence-electron chi connectivity index (χ1n) is 10.7. The van der Waals surface area contributed by atoms with Gasteiger partial charge in [0.2, 0.25) is 0 Å². The van der Waals surface area contributed by atoms with Gasteiger partial charge in [-0.3, -0.25) is 0 Å². The van der Waals surface area contributed by atoms with Crippen LogP contribution in [-0.4, -0.2) is 47.4 Å². The maximum Gasteiger partial charge on any atom is 0.407 e. The van der Waals surface area contributed by atoms with E-state index in [2.05, 4.69) is 44.7 Å². The van der Waals surface area contributed by atoms with Gasteiger partial charge in [-0.15, -0.1) is 0 Å². The molecule has 1 aliphatic carbocycles. The van der Waals surface area contributed by atoms with E-state index in [0.717, 1.165) is 23.2 Å². The molecule has 29 heavy (non-hydrogen) atoms. The molecule has 1 aromatic carbocycles. The summed E-state index contributed by atoms with van der Waals surface area (Å²) in [6, 6.07) is 4.63. The molecule has 2 heterocycles. The molecule has 6 nitrogen and oxygen atoms in total. The molecule has 6 heteroatoms. The number of rotatable bonds is 3. The quantitative estimate of drug-likeness (QED) is 0.830. The Balaban J connectivity index is 1.77. The van der Waals surface area contributed by atoms with Crippen molar-refractivity contribution in [2.45, 2.75) is 71.1 Å². The van der Waals surface area contributed by atoms with Crippen LogP contribution in [0.15, 0.2) is 6.07 Å². The van der Waals surface area contributed by atoms with Crippen molar-refractivity contribution in [1.82, 2.24) is 4.90 Å². The normalized spacial score (nSPS) is 23.7. The molecule has 1 amide bonds. The Hall–Kier alpha value is -2.26. The molecule has 0 spiro atoms. The molecule has 1 aromatic rings. The fourth-order valence-corrected chi connectivity index (χ4v) is 4.87. The zero-order valence-electron chi connectivity index (χ0n) is 17.9. The summed E-state index contributed by atoms with van der Waals surface area (Å²) >= 11 is 0. The summed E-state index contributed by atoms with van der Waals surface area (Å²) in [5.74, 6) is 0.786. The van der Waals surface area contributed by atoms with Crippen LogP contribution in [-0.2, 0) is 17.8 Å². The molecule has 1 saturated heterocycles. The lowest BCUT2D eigenvalue weighted by Gasteiger charge is -2.44. The van der Waals surface area contributed by atoms with Gasteiger partial charge >= 0.3 is 6.09 Å². The van der Waals surface area contributed by atoms with E-state index in [1.807, 2.05) is 0 Å². The number of amides is 1. The number of piperazine rings is 1. The van der Waals surface area contributed by atoms with E-state index in [1.165, 1.54) is 24.0 Å². The Labute approximate surface area is 173 Å². The van der Waals surface area contributed by atoms with Crippen LogP contribution < -0.4 is 4.90 Å². The lowest BCUT2D eigenvalue weighted by atomic mass is 9.83. The molecule has 4 rings (SSSR count). The molecule has 0 aromatic heterocycles.